The van der Waals surface area contributed by atoms with Gasteiger partial charge in [-0.1, -0.05) is 12.1 Å². The van der Waals surface area contributed by atoms with Crippen LogP contribution < -0.4 is 10.6 Å². The van der Waals surface area contributed by atoms with E-state index in [0.717, 1.165) is 4.90 Å². The molecule has 2 rings (SSSR count). The first kappa shape index (κ1) is 17.1. The third-order valence-electron chi connectivity index (χ3n) is 3.38. The molecule has 2 N–H and O–H groups in total. The number of nitrogens with one attached hydrogen (secondary N) is 2. The number of ether oxygens (including phenoxy) is 1. The van der Waals surface area contributed by atoms with Crippen LogP contribution in [0.1, 0.15) is 27.6 Å². The largest absolute Gasteiger partial charge is 0.454 e. The molecular formula is C15H15N3O6. The molecule has 0 aromatic heterocycles. The topological polar surface area (TPSA) is 122 Å². The van der Waals surface area contributed by atoms with Gasteiger partial charge >= 0.3 is 12.0 Å². The first-order valence-corrected chi connectivity index (χ1v) is 7.02. The van der Waals surface area contributed by atoms with Gasteiger partial charge in [-0.05, 0) is 19.1 Å². The lowest BCUT2D eigenvalue weighted by Crippen LogP contribution is -2.45. The highest BCUT2D eigenvalue weighted by atomic mass is 16.5. The molecule has 0 aliphatic carbocycles. The van der Waals surface area contributed by atoms with Crippen molar-refractivity contribution in [1.29, 1.82) is 0 Å². The quantitative estimate of drug-likeness (QED) is 0.575. The van der Waals surface area contributed by atoms with E-state index in [1.165, 1.54) is 26.1 Å². The van der Waals surface area contributed by atoms with Crippen molar-refractivity contribution in [2.45, 2.75) is 13.0 Å². The molecule has 0 spiro atoms. The lowest BCUT2D eigenvalue weighted by atomic mass is 10.1. The van der Waals surface area contributed by atoms with Gasteiger partial charge < -0.3 is 10.1 Å². The molecule has 0 saturated heterocycles. The molecule has 1 aromatic carbocycles. The van der Waals surface area contributed by atoms with E-state index in [2.05, 4.69) is 5.32 Å². The Kier molecular flexibility index (Phi) is 4.93. The Hall–Kier alpha value is -3.23. The van der Waals surface area contributed by atoms with Gasteiger partial charge in [0, 0.05) is 7.05 Å². The second-order valence-corrected chi connectivity index (χ2v) is 4.94. The molecule has 1 unspecified atom stereocenters. The zero-order valence-corrected chi connectivity index (χ0v) is 13.0. The highest BCUT2D eigenvalue weighted by molar-refractivity contribution is 6.22. The number of carbonyl (C=O) groups excluding carboxylic acids is 5. The maximum Gasteiger partial charge on any atom is 0.329 e. The highest BCUT2D eigenvalue weighted by Gasteiger charge is 2.41. The Morgan fingerprint density at radius 2 is 1.67 bits per heavy atom. The lowest BCUT2D eigenvalue weighted by Gasteiger charge is -2.20. The van der Waals surface area contributed by atoms with Crippen molar-refractivity contribution in [2.24, 2.45) is 0 Å². The number of fused-ring (bicyclic) bond motifs is 1. The van der Waals surface area contributed by atoms with Crippen LogP contribution in [0.4, 0.5) is 4.79 Å². The van der Waals surface area contributed by atoms with Gasteiger partial charge in [0.2, 0.25) is 0 Å². The smallest absolute Gasteiger partial charge is 0.329 e. The van der Waals surface area contributed by atoms with Crippen molar-refractivity contribution in [3.63, 3.8) is 0 Å². The second kappa shape index (κ2) is 6.90. The average Bonchev–Trinajstić information content (AvgIpc) is 2.83. The SMILES string of the molecule is CNC(=O)NC(=O)COC(=O)C(C)N1C(=O)c2ccccc2C1=O. The van der Waals surface area contributed by atoms with Crippen molar-refractivity contribution < 1.29 is 28.7 Å². The number of imide groups is 2. The van der Waals surface area contributed by atoms with Crippen molar-refractivity contribution in [3.05, 3.63) is 35.4 Å². The molecule has 0 fully saturated rings. The maximum absolute atomic E-state index is 12.2. The third kappa shape index (κ3) is 3.24. The van der Waals surface area contributed by atoms with Gasteiger partial charge in [0.05, 0.1) is 11.1 Å². The summed E-state index contributed by atoms with van der Waals surface area (Å²) in [5, 5.41) is 4.08. The first-order chi connectivity index (χ1) is 11.4. The molecular weight excluding hydrogens is 318 g/mol. The van der Waals surface area contributed by atoms with Crippen LogP contribution in [0.2, 0.25) is 0 Å². The van der Waals surface area contributed by atoms with Crippen molar-refractivity contribution in [2.75, 3.05) is 13.7 Å². The fourth-order valence-corrected chi connectivity index (χ4v) is 2.15. The van der Waals surface area contributed by atoms with Crippen LogP contribution in [0.5, 0.6) is 0 Å². The molecule has 1 heterocycles. The number of amides is 5. The number of esters is 1. The summed E-state index contributed by atoms with van der Waals surface area (Å²) in [4.78, 5) is 59.6. The summed E-state index contributed by atoms with van der Waals surface area (Å²) in [5.41, 5.74) is 0.416. The van der Waals surface area contributed by atoms with E-state index in [-0.39, 0.29) is 11.1 Å². The van der Waals surface area contributed by atoms with E-state index in [9.17, 15) is 24.0 Å². The number of urea groups is 1. The van der Waals surface area contributed by atoms with Crippen LogP contribution in [-0.4, -0.2) is 54.3 Å². The summed E-state index contributed by atoms with van der Waals surface area (Å²) >= 11 is 0. The zero-order chi connectivity index (χ0) is 17.9. The van der Waals surface area contributed by atoms with E-state index in [4.69, 9.17) is 4.74 Å². The Bertz CT molecular complexity index is 695. The van der Waals surface area contributed by atoms with Crippen LogP contribution in [-0.2, 0) is 14.3 Å². The summed E-state index contributed by atoms with van der Waals surface area (Å²) in [7, 11) is 1.32. The molecule has 126 valence electrons. The second-order valence-electron chi connectivity index (χ2n) is 4.94. The predicted molar refractivity (Wildman–Crippen MR) is 80.0 cm³/mol. The fourth-order valence-electron chi connectivity index (χ4n) is 2.15. The zero-order valence-electron chi connectivity index (χ0n) is 13.0. The van der Waals surface area contributed by atoms with E-state index in [1.54, 1.807) is 12.1 Å². The van der Waals surface area contributed by atoms with Crippen LogP contribution in [0.15, 0.2) is 24.3 Å². The molecule has 0 saturated carbocycles. The van der Waals surface area contributed by atoms with Gasteiger partial charge in [-0.2, -0.15) is 0 Å². The summed E-state index contributed by atoms with van der Waals surface area (Å²) in [6.07, 6.45) is 0. The van der Waals surface area contributed by atoms with Crippen molar-refractivity contribution in [3.8, 4) is 0 Å². The van der Waals surface area contributed by atoms with Crippen LogP contribution in [0.3, 0.4) is 0 Å². The van der Waals surface area contributed by atoms with E-state index < -0.39 is 42.4 Å². The minimum atomic E-state index is -1.20. The van der Waals surface area contributed by atoms with E-state index in [0.29, 0.717) is 0 Å². The molecule has 1 aromatic rings. The number of carbonyl (C=O) groups is 5. The van der Waals surface area contributed by atoms with Gasteiger partial charge in [0.25, 0.3) is 17.7 Å². The Morgan fingerprint density at radius 1 is 1.12 bits per heavy atom. The molecule has 9 nitrogen and oxygen atoms in total. The summed E-state index contributed by atoms with van der Waals surface area (Å²) < 4.78 is 4.74. The number of nitrogens with zero attached hydrogens (tertiary/aromatic N) is 1. The maximum atomic E-state index is 12.2. The van der Waals surface area contributed by atoms with E-state index in [1.807, 2.05) is 5.32 Å². The average molecular weight is 333 g/mol. The molecule has 24 heavy (non-hydrogen) atoms. The molecule has 0 bridgehead atoms. The standard InChI is InChI=1S/C15H15N3O6/c1-8(14(22)24-7-11(19)17-15(23)16-2)18-12(20)9-5-3-4-6-10(9)13(18)21/h3-6,8H,7H2,1-2H3,(H2,16,17,19,23). The highest BCUT2D eigenvalue weighted by Crippen LogP contribution is 2.24. The number of benzene rings is 1. The van der Waals surface area contributed by atoms with Crippen molar-refractivity contribution >= 4 is 29.7 Å². The monoisotopic (exact) mass is 333 g/mol. The molecule has 1 aliphatic heterocycles. The number of hydrogen-bond acceptors (Lipinski definition) is 6. The molecule has 0 radical (unpaired) electrons. The van der Waals surface area contributed by atoms with Crippen LogP contribution in [0, 0.1) is 0 Å². The Balaban J connectivity index is 1.99. The van der Waals surface area contributed by atoms with Crippen LogP contribution >= 0.6 is 0 Å². The lowest BCUT2D eigenvalue weighted by molar-refractivity contribution is -0.151. The minimum absolute atomic E-state index is 0.208. The normalized spacial score (nSPS) is 14.0. The fraction of sp³-hybridized carbons (Fsp3) is 0.267. The first-order valence-electron chi connectivity index (χ1n) is 7.02. The molecule has 1 aliphatic rings. The van der Waals surface area contributed by atoms with Crippen molar-refractivity contribution in [1.82, 2.24) is 15.5 Å². The number of hydrogen-bond donors (Lipinski definition) is 2. The van der Waals surface area contributed by atoms with Gasteiger partial charge in [-0.15, -0.1) is 0 Å². The van der Waals surface area contributed by atoms with Gasteiger partial charge in [-0.25, -0.2) is 9.59 Å². The van der Waals surface area contributed by atoms with Crippen LogP contribution in [0.25, 0.3) is 0 Å². The summed E-state index contributed by atoms with van der Waals surface area (Å²) in [5.74, 6) is -2.97. The Labute approximate surface area is 136 Å². The molecule has 9 heteroatoms. The van der Waals surface area contributed by atoms with Gasteiger partial charge in [0.1, 0.15) is 6.04 Å². The molecule has 5 amide bonds. The summed E-state index contributed by atoms with van der Waals surface area (Å²) in [6.45, 7) is 0.612. The predicted octanol–water partition coefficient (Wildman–Crippen LogP) is -0.330. The van der Waals surface area contributed by atoms with E-state index >= 15 is 0 Å². The van der Waals surface area contributed by atoms with Gasteiger partial charge in [0.15, 0.2) is 6.61 Å². The Morgan fingerprint density at radius 3 is 2.17 bits per heavy atom. The third-order valence-corrected chi connectivity index (χ3v) is 3.38. The molecule has 1 atom stereocenters. The number of rotatable bonds is 4. The summed E-state index contributed by atoms with van der Waals surface area (Å²) in [6, 6.07) is 4.25. The van der Waals surface area contributed by atoms with Gasteiger partial charge in [-0.3, -0.25) is 24.6 Å². The minimum Gasteiger partial charge on any atom is -0.454 e.